The Morgan fingerprint density at radius 3 is 2.00 bits per heavy atom. The fourth-order valence-electron chi connectivity index (χ4n) is 4.03. The van der Waals surface area contributed by atoms with E-state index in [1.165, 1.54) is 0 Å². The highest BCUT2D eigenvalue weighted by atomic mass is 35.5. The molecule has 0 bridgehead atoms. The monoisotopic (exact) mass is 463 g/mol. The third-order valence-electron chi connectivity index (χ3n) is 5.70. The third-order valence-corrected chi connectivity index (χ3v) is 5.95. The zero-order chi connectivity index (χ0) is 23.3. The summed E-state index contributed by atoms with van der Waals surface area (Å²) in [5.74, 6) is -0.512. The van der Waals surface area contributed by atoms with Crippen molar-refractivity contribution in [2.24, 2.45) is 0 Å². The summed E-state index contributed by atoms with van der Waals surface area (Å²) in [4.78, 5) is 13.6. The maximum Gasteiger partial charge on any atom is 0.236 e. The Hall–Kier alpha value is -4.15. The van der Waals surface area contributed by atoms with Crippen molar-refractivity contribution in [3.8, 4) is 16.8 Å². The summed E-state index contributed by atoms with van der Waals surface area (Å²) in [6.07, 6.45) is 3.74. The summed E-state index contributed by atoms with van der Waals surface area (Å²) in [6, 6.07) is 34.9. The summed E-state index contributed by atoms with van der Waals surface area (Å²) in [7, 11) is 0. The van der Waals surface area contributed by atoms with Gasteiger partial charge in [0.15, 0.2) is 0 Å². The first-order valence-corrected chi connectivity index (χ1v) is 11.4. The Labute approximate surface area is 203 Å². The van der Waals surface area contributed by atoms with Crippen LogP contribution in [0, 0.1) is 0 Å². The summed E-state index contributed by atoms with van der Waals surface area (Å²) in [6.45, 7) is 0. The molecular weight excluding hydrogens is 442 g/mol. The van der Waals surface area contributed by atoms with Crippen LogP contribution in [0.5, 0.6) is 0 Å². The van der Waals surface area contributed by atoms with E-state index in [1.54, 1.807) is 10.9 Å². The van der Waals surface area contributed by atoms with Gasteiger partial charge in [-0.05, 0) is 41.5 Å². The van der Waals surface area contributed by atoms with Crippen LogP contribution in [0.1, 0.15) is 17.0 Å². The van der Waals surface area contributed by atoms with E-state index in [0.717, 1.165) is 33.6 Å². The van der Waals surface area contributed by atoms with Crippen molar-refractivity contribution in [2.45, 2.75) is 5.92 Å². The zero-order valence-corrected chi connectivity index (χ0v) is 19.1. The van der Waals surface area contributed by atoms with Crippen LogP contribution in [0.2, 0.25) is 5.02 Å². The van der Waals surface area contributed by atoms with E-state index in [2.05, 4.69) is 10.4 Å². The molecule has 1 heterocycles. The predicted molar refractivity (Wildman–Crippen MR) is 137 cm³/mol. The van der Waals surface area contributed by atoms with E-state index >= 15 is 0 Å². The molecule has 1 amide bonds. The molecule has 0 saturated carbocycles. The molecule has 0 aliphatic carbocycles. The van der Waals surface area contributed by atoms with Crippen LogP contribution in [0.3, 0.4) is 0 Å². The summed E-state index contributed by atoms with van der Waals surface area (Å²) >= 11 is 6.01. The molecule has 0 aliphatic heterocycles. The minimum Gasteiger partial charge on any atom is -0.325 e. The highest BCUT2D eigenvalue weighted by Gasteiger charge is 2.23. The van der Waals surface area contributed by atoms with Gasteiger partial charge in [0.1, 0.15) is 0 Å². The molecule has 5 heteroatoms. The van der Waals surface area contributed by atoms with Crippen LogP contribution < -0.4 is 5.32 Å². The number of anilines is 1. The van der Waals surface area contributed by atoms with Crippen LogP contribution >= 0.6 is 11.6 Å². The van der Waals surface area contributed by atoms with Gasteiger partial charge in [0.25, 0.3) is 0 Å². The number of rotatable bonds is 6. The second-order valence-electron chi connectivity index (χ2n) is 7.94. The van der Waals surface area contributed by atoms with Crippen LogP contribution in [0.25, 0.3) is 16.8 Å². The quantitative estimate of drug-likeness (QED) is 0.296. The first-order chi connectivity index (χ1) is 16.7. The number of halogens is 1. The van der Waals surface area contributed by atoms with Gasteiger partial charge < -0.3 is 5.32 Å². The molecule has 34 heavy (non-hydrogen) atoms. The summed E-state index contributed by atoms with van der Waals surface area (Å²) in [5.41, 5.74) is 5.33. The number of aromatic nitrogens is 2. The molecule has 0 fully saturated rings. The average Bonchev–Trinajstić information content (AvgIpc) is 3.36. The molecular formula is C29H22ClN3O. The number of carbonyl (C=O) groups excluding carboxylic acids is 1. The Bertz CT molecular complexity index is 1360. The molecule has 0 radical (unpaired) electrons. The highest BCUT2D eigenvalue weighted by molar-refractivity contribution is 6.30. The Morgan fingerprint density at radius 2 is 1.35 bits per heavy atom. The van der Waals surface area contributed by atoms with Gasteiger partial charge in [-0.3, -0.25) is 4.79 Å². The van der Waals surface area contributed by atoms with E-state index in [0.29, 0.717) is 5.02 Å². The fourth-order valence-corrected chi connectivity index (χ4v) is 4.16. The Morgan fingerprint density at radius 1 is 0.765 bits per heavy atom. The number of carbonyl (C=O) groups is 1. The van der Waals surface area contributed by atoms with Crippen LogP contribution in [-0.2, 0) is 4.79 Å². The lowest BCUT2D eigenvalue weighted by Gasteiger charge is -2.19. The van der Waals surface area contributed by atoms with Crippen LogP contribution in [0.15, 0.2) is 122 Å². The topological polar surface area (TPSA) is 46.9 Å². The lowest BCUT2D eigenvalue weighted by Crippen LogP contribution is -2.22. The second-order valence-corrected chi connectivity index (χ2v) is 8.38. The fraction of sp³-hybridized carbons (Fsp3) is 0.0345. The smallest absolute Gasteiger partial charge is 0.236 e. The summed E-state index contributed by atoms with van der Waals surface area (Å²) in [5, 5.41) is 8.35. The number of amides is 1. The number of hydrogen-bond acceptors (Lipinski definition) is 2. The molecule has 5 rings (SSSR count). The molecule has 4 aromatic carbocycles. The standard InChI is InChI=1S/C29H22ClN3O/c30-24-15-17-25(18-16-24)33-20-23(19-31-33)26-13-7-8-14-27(26)32-29(34)28(21-9-3-1-4-10-21)22-11-5-2-6-12-22/h1-20,28H,(H,32,34). The van der Waals surface area contributed by atoms with Crippen molar-refractivity contribution in [2.75, 3.05) is 5.32 Å². The number of hydrogen-bond donors (Lipinski definition) is 1. The molecule has 4 nitrogen and oxygen atoms in total. The molecule has 0 spiro atoms. The number of nitrogens with one attached hydrogen (secondary N) is 1. The lowest BCUT2D eigenvalue weighted by atomic mass is 9.90. The summed E-state index contributed by atoms with van der Waals surface area (Å²) < 4.78 is 1.79. The molecule has 0 aliphatic rings. The van der Waals surface area contributed by atoms with E-state index < -0.39 is 5.92 Å². The zero-order valence-electron chi connectivity index (χ0n) is 18.3. The Balaban J connectivity index is 1.47. The SMILES string of the molecule is O=C(Nc1ccccc1-c1cnn(-c2ccc(Cl)cc2)c1)C(c1ccccc1)c1ccccc1. The van der Waals surface area contributed by atoms with Gasteiger partial charge in [-0.15, -0.1) is 0 Å². The van der Waals surface area contributed by atoms with Crippen LogP contribution in [-0.4, -0.2) is 15.7 Å². The lowest BCUT2D eigenvalue weighted by molar-refractivity contribution is -0.116. The minimum atomic E-state index is -0.424. The maximum absolute atomic E-state index is 13.6. The van der Waals surface area contributed by atoms with Crippen molar-refractivity contribution in [3.63, 3.8) is 0 Å². The highest BCUT2D eigenvalue weighted by Crippen LogP contribution is 2.31. The Kier molecular flexibility index (Phi) is 6.23. The normalized spacial score (nSPS) is 10.9. The largest absolute Gasteiger partial charge is 0.325 e. The van der Waals surface area contributed by atoms with Gasteiger partial charge in [-0.1, -0.05) is 90.5 Å². The molecule has 1 aromatic heterocycles. The first-order valence-electron chi connectivity index (χ1n) is 11.0. The molecule has 5 aromatic rings. The van der Waals surface area contributed by atoms with Crippen molar-refractivity contribution in [1.29, 1.82) is 0 Å². The molecule has 0 saturated heterocycles. The van der Waals surface area contributed by atoms with E-state index in [1.807, 2.05) is 115 Å². The van der Waals surface area contributed by atoms with E-state index in [-0.39, 0.29) is 5.91 Å². The molecule has 0 unspecified atom stereocenters. The van der Waals surface area contributed by atoms with Gasteiger partial charge in [0, 0.05) is 28.0 Å². The maximum atomic E-state index is 13.6. The minimum absolute atomic E-state index is 0.0880. The average molecular weight is 464 g/mol. The van der Waals surface area contributed by atoms with Gasteiger partial charge in [-0.25, -0.2) is 4.68 Å². The van der Waals surface area contributed by atoms with Crippen LogP contribution in [0.4, 0.5) is 5.69 Å². The van der Waals surface area contributed by atoms with E-state index in [9.17, 15) is 4.79 Å². The van der Waals surface area contributed by atoms with Crippen molar-refractivity contribution in [1.82, 2.24) is 9.78 Å². The molecule has 166 valence electrons. The van der Waals surface area contributed by atoms with Crippen molar-refractivity contribution in [3.05, 3.63) is 138 Å². The number of benzene rings is 4. The molecule has 0 atom stereocenters. The second kappa shape index (κ2) is 9.77. The predicted octanol–water partition coefficient (Wildman–Crippen LogP) is 6.96. The van der Waals surface area contributed by atoms with Gasteiger partial charge in [-0.2, -0.15) is 5.10 Å². The van der Waals surface area contributed by atoms with E-state index in [4.69, 9.17) is 11.6 Å². The van der Waals surface area contributed by atoms with Crippen molar-refractivity contribution < 1.29 is 4.79 Å². The van der Waals surface area contributed by atoms with Gasteiger partial charge in [0.2, 0.25) is 5.91 Å². The number of para-hydroxylation sites is 1. The van der Waals surface area contributed by atoms with Gasteiger partial charge in [0.05, 0.1) is 17.8 Å². The first kappa shape index (κ1) is 21.7. The van der Waals surface area contributed by atoms with Gasteiger partial charge >= 0.3 is 0 Å². The third kappa shape index (κ3) is 4.63. The molecule has 1 N–H and O–H groups in total. The number of nitrogens with zero attached hydrogens (tertiary/aromatic N) is 2. The van der Waals surface area contributed by atoms with Crippen molar-refractivity contribution >= 4 is 23.2 Å².